The minimum absolute atomic E-state index is 0.181. The fraction of sp³-hybridized carbons (Fsp3) is 0.324. The van der Waals surface area contributed by atoms with E-state index in [9.17, 15) is 40.7 Å². The molecular weight excluding hydrogens is 738 g/mol. The van der Waals surface area contributed by atoms with Crippen molar-refractivity contribution in [3.63, 3.8) is 0 Å². The Bertz CT molecular complexity index is 1920. The van der Waals surface area contributed by atoms with Gasteiger partial charge in [0.25, 0.3) is 0 Å². The van der Waals surface area contributed by atoms with Crippen LogP contribution in [-0.2, 0) is 62.5 Å². The van der Waals surface area contributed by atoms with E-state index in [2.05, 4.69) is 25.9 Å². The number of benzene rings is 2. The van der Waals surface area contributed by atoms with Gasteiger partial charge >= 0.3 is 30.4 Å². The second-order valence-corrected chi connectivity index (χ2v) is 12.9. The molecule has 294 valence electrons. The van der Waals surface area contributed by atoms with Crippen molar-refractivity contribution in [2.45, 2.75) is 77.1 Å². The van der Waals surface area contributed by atoms with E-state index in [0.29, 0.717) is 23.3 Å². The maximum atomic E-state index is 13.9. The standard InChI is InChI=1S/C37H38F6N6O6/c1-35(2,3)55-34(52)49-25-15-17-29(37(41,42)43)48-27(25)19-46-31(33(51)54-21-23-12-8-5-9-13-23)30(32(50)53-20-22-10-6-4-7-11-22)45-18-26-24(44)14-16-28(47-26)36(38,39)40/h4-17,30-31,45-46H,18-21,44H2,1-3H3,(H,49,52). The van der Waals surface area contributed by atoms with Crippen LogP contribution in [0.2, 0.25) is 0 Å². The molecule has 2 aromatic heterocycles. The highest BCUT2D eigenvalue weighted by Crippen LogP contribution is 2.30. The van der Waals surface area contributed by atoms with Crippen LogP contribution in [-0.4, -0.2) is 45.7 Å². The number of halogens is 6. The summed E-state index contributed by atoms with van der Waals surface area (Å²) < 4.78 is 98.2. The Morgan fingerprint density at radius 1 is 0.655 bits per heavy atom. The van der Waals surface area contributed by atoms with E-state index in [1.54, 1.807) is 81.4 Å². The lowest BCUT2D eigenvalue weighted by Crippen LogP contribution is -2.57. The van der Waals surface area contributed by atoms with Gasteiger partial charge < -0.3 is 19.9 Å². The molecule has 0 saturated carbocycles. The van der Waals surface area contributed by atoms with Crippen LogP contribution in [0.3, 0.4) is 0 Å². The summed E-state index contributed by atoms with van der Waals surface area (Å²) in [4.78, 5) is 47.5. The van der Waals surface area contributed by atoms with Crippen molar-refractivity contribution < 1.29 is 54.9 Å². The van der Waals surface area contributed by atoms with Crippen molar-refractivity contribution in [1.29, 1.82) is 0 Å². The Hall–Kier alpha value is -5.75. The maximum absolute atomic E-state index is 13.9. The first-order valence-electron chi connectivity index (χ1n) is 16.6. The second-order valence-electron chi connectivity index (χ2n) is 12.9. The van der Waals surface area contributed by atoms with Crippen LogP contribution in [0.15, 0.2) is 84.9 Å². The maximum Gasteiger partial charge on any atom is 0.433 e. The van der Waals surface area contributed by atoms with Crippen molar-refractivity contribution in [1.82, 2.24) is 20.6 Å². The smallest absolute Gasteiger partial charge is 0.433 e. The van der Waals surface area contributed by atoms with Gasteiger partial charge in [0.05, 0.1) is 22.8 Å². The predicted molar refractivity (Wildman–Crippen MR) is 186 cm³/mol. The zero-order valence-electron chi connectivity index (χ0n) is 29.8. The minimum atomic E-state index is -4.92. The molecule has 0 fully saturated rings. The molecule has 0 aliphatic carbocycles. The third-order valence-corrected chi connectivity index (χ3v) is 7.47. The van der Waals surface area contributed by atoms with Gasteiger partial charge in [0.15, 0.2) is 0 Å². The molecule has 0 bridgehead atoms. The zero-order valence-corrected chi connectivity index (χ0v) is 29.8. The van der Waals surface area contributed by atoms with Crippen molar-refractivity contribution in [3.05, 3.63) is 119 Å². The lowest BCUT2D eigenvalue weighted by Gasteiger charge is -2.27. The summed E-state index contributed by atoms with van der Waals surface area (Å²) in [6.45, 7) is 2.78. The Morgan fingerprint density at radius 3 is 1.55 bits per heavy atom. The highest BCUT2D eigenvalue weighted by molar-refractivity contribution is 5.88. The van der Waals surface area contributed by atoms with E-state index >= 15 is 0 Å². The topological polar surface area (TPSA) is 167 Å². The average Bonchev–Trinajstić information content (AvgIpc) is 3.11. The van der Waals surface area contributed by atoms with Crippen LogP contribution in [0, 0.1) is 0 Å². The van der Waals surface area contributed by atoms with Gasteiger partial charge in [0, 0.05) is 13.1 Å². The van der Waals surface area contributed by atoms with Crippen LogP contribution in [0.25, 0.3) is 0 Å². The van der Waals surface area contributed by atoms with Gasteiger partial charge in [-0.25, -0.2) is 14.8 Å². The molecule has 0 saturated heterocycles. The fourth-order valence-corrected chi connectivity index (χ4v) is 4.86. The normalized spacial score (nSPS) is 13.0. The minimum Gasteiger partial charge on any atom is -0.460 e. The van der Waals surface area contributed by atoms with E-state index in [-0.39, 0.29) is 30.3 Å². The van der Waals surface area contributed by atoms with Gasteiger partial charge in [0.2, 0.25) is 0 Å². The van der Waals surface area contributed by atoms with Crippen molar-refractivity contribution in [3.8, 4) is 0 Å². The quantitative estimate of drug-likeness (QED) is 0.0624. The van der Waals surface area contributed by atoms with E-state index in [0.717, 1.165) is 12.1 Å². The number of nitrogens with two attached hydrogens (primary N) is 1. The number of anilines is 2. The number of aromatic nitrogens is 2. The Labute approximate surface area is 311 Å². The molecule has 2 aromatic carbocycles. The zero-order chi connectivity index (χ0) is 40.4. The number of nitrogens with one attached hydrogen (secondary N) is 3. The molecular formula is C37H38F6N6O6. The number of pyridine rings is 2. The molecule has 55 heavy (non-hydrogen) atoms. The highest BCUT2D eigenvalue weighted by atomic mass is 19.4. The summed E-state index contributed by atoms with van der Waals surface area (Å²) in [6.07, 6.45) is -10.8. The van der Waals surface area contributed by atoms with E-state index in [1.807, 2.05) is 0 Å². The van der Waals surface area contributed by atoms with E-state index in [1.165, 1.54) is 0 Å². The lowest BCUT2D eigenvalue weighted by molar-refractivity contribution is -0.157. The highest BCUT2D eigenvalue weighted by Gasteiger charge is 2.38. The Kier molecular flexibility index (Phi) is 13.8. The molecule has 0 aliphatic heterocycles. The van der Waals surface area contributed by atoms with Crippen LogP contribution in [0.1, 0.15) is 54.7 Å². The molecule has 2 unspecified atom stereocenters. The number of carbonyl (C=O) groups excluding carboxylic acids is 3. The second kappa shape index (κ2) is 18.1. The van der Waals surface area contributed by atoms with Gasteiger partial charge in [-0.2, -0.15) is 26.3 Å². The molecule has 4 rings (SSSR count). The summed E-state index contributed by atoms with van der Waals surface area (Å²) in [6, 6.07) is 16.3. The molecule has 4 aromatic rings. The molecule has 5 N–H and O–H groups in total. The molecule has 2 atom stereocenters. The molecule has 2 heterocycles. The molecule has 1 amide bonds. The SMILES string of the molecule is CC(C)(C)OC(=O)Nc1ccc(C(F)(F)F)nc1CNC(C(=O)OCc1ccccc1)C(NCc1nc(C(F)(F)F)ccc1N)C(=O)OCc1ccccc1. The first-order chi connectivity index (χ1) is 25.8. The van der Waals surface area contributed by atoms with Crippen LogP contribution >= 0.6 is 0 Å². The fourth-order valence-electron chi connectivity index (χ4n) is 4.86. The van der Waals surface area contributed by atoms with Crippen LogP contribution in [0.5, 0.6) is 0 Å². The number of hydrogen-bond acceptors (Lipinski definition) is 11. The largest absolute Gasteiger partial charge is 0.460 e. The molecule has 0 radical (unpaired) electrons. The summed E-state index contributed by atoms with van der Waals surface area (Å²) in [5, 5.41) is 7.70. The number of amides is 1. The Balaban J connectivity index is 1.73. The van der Waals surface area contributed by atoms with E-state index in [4.69, 9.17) is 19.9 Å². The van der Waals surface area contributed by atoms with Crippen LogP contribution in [0.4, 0.5) is 42.5 Å². The summed E-state index contributed by atoms with van der Waals surface area (Å²) in [5.74, 6) is -2.22. The first kappa shape index (κ1) is 42.0. The summed E-state index contributed by atoms with van der Waals surface area (Å²) in [7, 11) is 0. The number of nitrogens with zero attached hydrogens (tertiary/aromatic N) is 2. The van der Waals surface area contributed by atoms with Gasteiger partial charge in [-0.3, -0.25) is 25.5 Å². The van der Waals surface area contributed by atoms with Crippen molar-refractivity contribution in [2.24, 2.45) is 0 Å². The third-order valence-electron chi connectivity index (χ3n) is 7.47. The van der Waals surface area contributed by atoms with Crippen LogP contribution < -0.4 is 21.7 Å². The number of alkyl halides is 6. The molecule has 12 nitrogen and oxygen atoms in total. The monoisotopic (exact) mass is 776 g/mol. The number of ether oxygens (including phenoxy) is 3. The first-order valence-corrected chi connectivity index (χ1v) is 16.6. The summed E-state index contributed by atoms with van der Waals surface area (Å²) >= 11 is 0. The molecule has 0 spiro atoms. The molecule has 18 heteroatoms. The van der Waals surface area contributed by atoms with Crippen molar-refractivity contribution >= 4 is 29.4 Å². The Morgan fingerprint density at radius 2 is 1.09 bits per heavy atom. The van der Waals surface area contributed by atoms with Gasteiger partial charge in [-0.05, 0) is 56.2 Å². The van der Waals surface area contributed by atoms with Gasteiger partial charge in [0.1, 0.15) is 42.3 Å². The van der Waals surface area contributed by atoms with Crippen molar-refractivity contribution in [2.75, 3.05) is 11.1 Å². The third kappa shape index (κ3) is 13.0. The van der Waals surface area contributed by atoms with E-state index < -0.39 is 78.2 Å². The number of carbonyl (C=O) groups is 3. The van der Waals surface area contributed by atoms with Gasteiger partial charge in [-0.15, -0.1) is 0 Å². The van der Waals surface area contributed by atoms with Gasteiger partial charge in [-0.1, -0.05) is 60.7 Å². The number of rotatable bonds is 14. The lowest BCUT2D eigenvalue weighted by atomic mass is 10.1. The molecule has 0 aliphatic rings. The average molecular weight is 777 g/mol. The number of esters is 2. The summed E-state index contributed by atoms with van der Waals surface area (Å²) in [5.41, 5.74) is 2.22. The predicted octanol–water partition coefficient (Wildman–Crippen LogP) is 6.55. The number of hydrogen-bond donors (Lipinski definition) is 4. The number of nitrogen functional groups attached to an aromatic ring is 1.